The van der Waals surface area contributed by atoms with Gasteiger partial charge in [-0.1, -0.05) is 29.8 Å². The molecule has 2 amide bonds. The van der Waals surface area contributed by atoms with Crippen LogP contribution >= 0.6 is 11.6 Å². The molecule has 3 aromatic carbocycles. The van der Waals surface area contributed by atoms with Crippen LogP contribution in [0.15, 0.2) is 72.3 Å². The van der Waals surface area contributed by atoms with Crippen molar-refractivity contribution >= 4 is 46.6 Å². The molecule has 3 aromatic rings. The summed E-state index contributed by atoms with van der Waals surface area (Å²) in [6.07, 6.45) is 1.21. The molecule has 0 radical (unpaired) electrons. The molecular weight excluding hydrogens is 480 g/mol. The van der Waals surface area contributed by atoms with Gasteiger partial charge in [-0.25, -0.2) is 5.01 Å². The highest BCUT2D eigenvalue weighted by molar-refractivity contribution is 6.33. The van der Waals surface area contributed by atoms with Crippen molar-refractivity contribution in [3.8, 4) is 5.75 Å². The fraction of sp³-hybridized carbons (Fsp3) is 0.0435. The van der Waals surface area contributed by atoms with E-state index in [9.17, 15) is 29.8 Å². The molecule has 0 atom stereocenters. The molecule has 176 valence electrons. The van der Waals surface area contributed by atoms with Gasteiger partial charge in [-0.15, -0.1) is 0 Å². The van der Waals surface area contributed by atoms with Gasteiger partial charge in [0.1, 0.15) is 12.2 Å². The van der Waals surface area contributed by atoms with Crippen molar-refractivity contribution in [2.75, 3.05) is 5.01 Å². The minimum atomic E-state index is -0.703. The summed E-state index contributed by atoms with van der Waals surface area (Å²) < 4.78 is 5.54. The Morgan fingerprint density at radius 2 is 1.66 bits per heavy atom. The number of hydrazine groups is 1. The first kappa shape index (κ1) is 23.4. The Morgan fingerprint density at radius 1 is 0.971 bits per heavy atom. The molecule has 0 bridgehead atoms. The average molecular weight is 495 g/mol. The maximum atomic E-state index is 12.8. The highest BCUT2D eigenvalue weighted by Gasteiger charge is 2.34. The van der Waals surface area contributed by atoms with Gasteiger partial charge in [-0.05, 0) is 47.5 Å². The second-order valence-corrected chi connectivity index (χ2v) is 7.70. The van der Waals surface area contributed by atoms with Crippen molar-refractivity contribution < 1.29 is 24.2 Å². The molecule has 1 fully saturated rings. The van der Waals surface area contributed by atoms with E-state index in [0.29, 0.717) is 11.3 Å². The number of anilines is 1. The molecule has 0 saturated carbocycles. The number of halogens is 1. The Bertz CT molecular complexity index is 1370. The summed E-state index contributed by atoms with van der Waals surface area (Å²) in [7, 11) is 0. The molecule has 1 N–H and O–H groups in total. The molecule has 35 heavy (non-hydrogen) atoms. The van der Waals surface area contributed by atoms with Crippen LogP contribution in [0, 0.1) is 20.2 Å². The summed E-state index contributed by atoms with van der Waals surface area (Å²) in [6, 6.07) is 16.4. The van der Waals surface area contributed by atoms with E-state index in [4.69, 9.17) is 16.3 Å². The van der Waals surface area contributed by atoms with Crippen molar-refractivity contribution in [2.24, 2.45) is 0 Å². The van der Waals surface area contributed by atoms with Crippen molar-refractivity contribution in [1.29, 1.82) is 0 Å². The SMILES string of the molecule is O=C1NN(c2ccccc2)C(=O)/C1=C\c1cc(Cl)c(OCc2ccc([N+](=O)[O-])cc2)c([N+](=O)[O-])c1. The lowest BCUT2D eigenvalue weighted by Crippen LogP contribution is -2.35. The smallest absolute Gasteiger partial charge is 0.313 e. The predicted molar refractivity (Wildman–Crippen MR) is 126 cm³/mol. The minimum Gasteiger partial charge on any atom is -0.481 e. The van der Waals surface area contributed by atoms with Crippen LogP contribution in [0.2, 0.25) is 5.02 Å². The summed E-state index contributed by atoms with van der Waals surface area (Å²) in [6.45, 7) is -0.133. The molecule has 1 heterocycles. The molecule has 0 aromatic heterocycles. The normalized spacial score (nSPS) is 14.2. The van der Waals surface area contributed by atoms with Gasteiger partial charge in [0.15, 0.2) is 0 Å². The van der Waals surface area contributed by atoms with E-state index in [-0.39, 0.29) is 34.2 Å². The third-order valence-corrected chi connectivity index (χ3v) is 5.27. The van der Waals surface area contributed by atoms with Crippen molar-refractivity contribution in [2.45, 2.75) is 6.61 Å². The van der Waals surface area contributed by atoms with Crippen LogP contribution in [0.1, 0.15) is 11.1 Å². The molecule has 11 nitrogen and oxygen atoms in total. The first-order chi connectivity index (χ1) is 16.7. The number of carbonyl (C=O) groups excluding carboxylic acids is 2. The largest absolute Gasteiger partial charge is 0.481 e. The van der Waals surface area contributed by atoms with Crippen LogP contribution in [0.4, 0.5) is 17.1 Å². The lowest BCUT2D eigenvalue weighted by molar-refractivity contribution is -0.386. The number of benzene rings is 3. The fourth-order valence-electron chi connectivity index (χ4n) is 3.31. The molecule has 1 aliphatic heterocycles. The maximum absolute atomic E-state index is 12.8. The van der Waals surface area contributed by atoms with Gasteiger partial charge < -0.3 is 4.74 Å². The number of hydrogen-bond donors (Lipinski definition) is 1. The highest BCUT2D eigenvalue weighted by Crippen LogP contribution is 2.37. The summed E-state index contributed by atoms with van der Waals surface area (Å²) in [4.78, 5) is 46.3. The van der Waals surface area contributed by atoms with E-state index >= 15 is 0 Å². The summed E-state index contributed by atoms with van der Waals surface area (Å²) in [5.74, 6) is -1.51. The van der Waals surface area contributed by atoms with E-state index in [1.165, 1.54) is 36.4 Å². The van der Waals surface area contributed by atoms with Gasteiger partial charge in [-0.2, -0.15) is 0 Å². The van der Waals surface area contributed by atoms with Crippen LogP contribution in [0.25, 0.3) is 6.08 Å². The van der Waals surface area contributed by atoms with Gasteiger partial charge in [-0.3, -0.25) is 35.2 Å². The van der Waals surface area contributed by atoms with Crippen LogP contribution in [0.5, 0.6) is 5.75 Å². The van der Waals surface area contributed by atoms with Gasteiger partial charge in [0.2, 0.25) is 5.75 Å². The number of carbonyl (C=O) groups is 2. The zero-order valence-corrected chi connectivity index (χ0v) is 18.5. The number of rotatable bonds is 7. The number of nitrogens with zero attached hydrogens (tertiary/aromatic N) is 3. The van der Waals surface area contributed by atoms with E-state index in [1.807, 2.05) is 0 Å². The second kappa shape index (κ2) is 9.61. The number of nitrogens with one attached hydrogen (secondary N) is 1. The van der Waals surface area contributed by atoms with Gasteiger partial charge in [0.25, 0.3) is 17.5 Å². The average Bonchev–Trinajstić information content (AvgIpc) is 3.12. The molecule has 1 saturated heterocycles. The lowest BCUT2D eigenvalue weighted by atomic mass is 10.1. The number of para-hydroxylation sites is 1. The summed E-state index contributed by atoms with van der Waals surface area (Å²) in [5, 5.41) is 23.4. The molecule has 0 spiro atoms. The number of hydrogen-bond acceptors (Lipinski definition) is 7. The van der Waals surface area contributed by atoms with Crippen LogP contribution in [-0.2, 0) is 16.2 Å². The van der Waals surface area contributed by atoms with Crippen LogP contribution in [0.3, 0.4) is 0 Å². The van der Waals surface area contributed by atoms with Crippen molar-refractivity contribution in [3.05, 3.63) is 109 Å². The van der Waals surface area contributed by atoms with E-state index in [0.717, 1.165) is 11.1 Å². The predicted octanol–water partition coefficient (Wildman–Crippen LogP) is 4.20. The van der Waals surface area contributed by atoms with Crippen LogP contribution in [-0.4, -0.2) is 21.7 Å². The zero-order valence-electron chi connectivity index (χ0n) is 17.7. The molecule has 1 aliphatic rings. The quantitative estimate of drug-likeness (QED) is 0.224. The number of amides is 2. The molecule has 0 unspecified atom stereocenters. The third-order valence-electron chi connectivity index (χ3n) is 4.99. The Balaban J connectivity index is 1.60. The monoisotopic (exact) mass is 494 g/mol. The Kier molecular flexibility index (Phi) is 6.42. The Labute approximate surface area is 202 Å². The van der Waals surface area contributed by atoms with E-state index < -0.39 is 27.3 Å². The number of nitro benzene ring substituents is 2. The van der Waals surface area contributed by atoms with Gasteiger partial charge in [0.05, 0.1) is 20.6 Å². The minimum absolute atomic E-state index is 0.105. The Hall–Kier alpha value is -4.77. The first-order valence-corrected chi connectivity index (χ1v) is 10.4. The number of nitro groups is 2. The van der Waals surface area contributed by atoms with Crippen molar-refractivity contribution in [1.82, 2.24) is 5.43 Å². The second-order valence-electron chi connectivity index (χ2n) is 7.30. The van der Waals surface area contributed by atoms with Gasteiger partial charge >= 0.3 is 5.69 Å². The fourth-order valence-corrected chi connectivity index (χ4v) is 3.59. The molecular formula is C23H15ClN4O7. The zero-order chi connectivity index (χ0) is 25.1. The van der Waals surface area contributed by atoms with Gasteiger partial charge in [0, 0.05) is 18.2 Å². The first-order valence-electron chi connectivity index (χ1n) is 10.0. The van der Waals surface area contributed by atoms with E-state index in [2.05, 4.69) is 5.43 Å². The Morgan fingerprint density at radius 3 is 2.29 bits per heavy atom. The molecule has 0 aliphatic carbocycles. The number of non-ortho nitro benzene ring substituents is 1. The molecule has 4 rings (SSSR count). The standard InChI is InChI=1S/C23H15ClN4O7/c24-19-11-15(10-18-22(29)25-26(23(18)30)16-4-2-1-3-5-16)12-20(28(33)34)21(19)35-13-14-6-8-17(9-7-14)27(31)32/h1-12H,13H2,(H,25,29)/b18-10-. The van der Waals surface area contributed by atoms with Crippen LogP contribution < -0.4 is 15.2 Å². The maximum Gasteiger partial charge on any atom is 0.313 e. The topological polar surface area (TPSA) is 145 Å². The third kappa shape index (κ3) is 4.94. The molecule has 12 heteroatoms. The highest BCUT2D eigenvalue weighted by atomic mass is 35.5. The summed E-state index contributed by atoms with van der Waals surface area (Å²) in [5.41, 5.74) is 2.77. The summed E-state index contributed by atoms with van der Waals surface area (Å²) >= 11 is 6.25. The van der Waals surface area contributed by atoms with Crippen molar-refractivity contribution in [3.63, 3.8) is 0 Å². The lowest BCUT2D eigenvalue weighted by Gasteiger charge is -2.13. The number of ether oxygens (including phenoxy) is 1. The van der Waals surface area contributed by atoms with E-state index in [1.54, 1.807) is 30.3 Å².